The van der Waals surface area contributed by atoms with Crippen LogP contribution in [0.3, 0.4) is 0 Å². The molecule has 1 spiro atoms. The quantitative estimate of drug-likeness (QED) is 0.170. The highest BCUT2D eigenvalue weighted by Crippen LogP contribution is 2.69. The first-order valence-corrected chi connectivity index (χ1v) is 21.4. The maximum absolute atomic E-state index is 2.54. The molecule has 5 aliphatic carbocycles. The monoisotopic (exact) mass is 744 g/mol. The van der Waals surface area contributed by atoms with Crippen LogP contribution in [0.1, 0.15) is 43.2 Å². The first-order chi connectivity index (χ1) is 28.7. The maximum atomic E-state index is 2.54. The number of hydrogen-bond acceptors (Lipinski definition) is 1. The van der Waals surface area contributed by atoms with Gasteiger partial charge in [0.25, 0.3) is 0 Å². The molecule has 0 unspecified atom stereocenters. The minimum absolute atomic E-state index is 0.208. The molecule has 9 aromatic rings. The van der Waals surface area contributed by atoms with E-state index < -0.39 is 0 Å². The minimum Gasteiger partial charge on any atom is -0.310 e. The second-order valence-electron chi connectivity index (χ2n) is 17.8. The van der Waals surface area contributed by atoms with Crippen LogP contribution in [-0.4, -0.2) is 4.57 Å². The molecule has 0 saturated heterocycles. The van der Waals surface area contributed by atoms with Gasteiger partial charge in [0.05, 0.1) is 11.0 Å². The van der Waals surface area contributed by atoms with E-state index in [4.69, 9.17) is 0 Å². The molecule has 2 heteroatoms. The van der Waals surface area contributed by atoms with Crippen molar-refractivity contribution in [2.45, 2.75) is 37.5 Å². The first kappa shape index (κ1) is 32.7. The molecule has 0 N–H and O–H groups in total. The molecule has 1 aromatic heterocycles. The number of aromatic nitrogens is 1. The molecule has 4 saturated carbocycles. The normalized spacial score (nSPS) is 22.6. The topological polar surface area (TPSA) is 8.17 Å². The lowest BCUT2D eigenvalue weighted by Gasteiger charge is -2.61. The van der Waals surface area contributed by atoms with Crippen molar-refractivity contribution in [1.29, 1.82) is 0 Å². The predicted octanol–water partition coefficient (Wildman–Crippen LogP) is 14.8. The standard InChI is InChI=1S/C56H44N2/c1-2-10-40-34-47(23-19-38(40)9-1)57(45-24-26-46(27-25-45)58-54-15-7-4-12-49(54)50-13-5-8-16-55(50)58)44-21-17-39(18-22-44)41-20-28-53-51(35-41)48-11-3-6-14-52(48)56(53)42-30-36-29-37(32-42)33-43(56)31-36/h1-28,34-37,42-43H,29-33H2. The highest BCUT2D eigenvalue weighted by atomic mass is 15.1. The molecule has 58 heavy (non-hydrogen) atoms. The molecule has 0 radical (unpaired) electrons. The zero-order valence-corrected chi connectivity index (χ0v) is 32.6. The van der Waals surface area contributed by atoms with Crippen molar-refractivity contribution < 1.29 is 0 Å². The molecular formula is C56H44N2. The Hall–Kier alpha value is -6.38. The van der Waals surface area contributed by atoms with Crippen LogP contribution in [0.25, 0.3) is 60.5 Å². The number of fused-ring (bicyclic) bond motifs is 7. The summed E-state index contributed by atoms with van der Waals surface area (Å²) in [6.45, 7) is 0. The number of hydrogen-bond donors (Lipinski definition) is 0. The first-order valence-electron chi connectivity index (χ1n) is 21.4. The molecule has 14 rings (SSSR count). The van der Waals surface area contributed by atoms with E-state index >= 15 is 0 Å². The Balaban J connectivity index is 0.896. The van der Waals surface area contributed by atoms with Crippen LogP contribution in [0.4, 0.5) is 17.1 Å². The highest BCUT2D eigenvalue weighted by molar-refractivity contribution is 6.09. The zero-order chi connectivity index (χ0) is 38.0. The summed E-state index contributed by atoms with van der Waals surface area (Å²) in [4.78, 5) is 2.40. The molecule has 0 atom stereocenters. The Morgan fingerprint density at radius 3 is 1.67 bits per heavy atom. The molecule has 8 aromatic carbocycles. The van der Waals surface area contributed by atoms with Crippen LogP contribution in [0, 0.1) is 23.7 Å². The summed E-state index contributed by atoms with van der Waals surface area (Å²) in [5, 5.41) is 5.04. The zero-order valence-electron chi connectivity index (χ0n) is 32.6. The molecule has 4 fully saturated rings. The predicted molar refractivity (Wildman–Crippen MR) is 242 cm³/mol. The molecule has 4 bridgehead atoms. The fraction of sp³-hybridized carbons (Fsp3) is 0.179. The number of rotatable bonds is 5. The van der Waals surface area contributed by atoms with Crippen LogP contribution >= 0.6 is 0 Å². The van der Waals surface area contributed by atoms with Gasteiger partial charge in [0, 0.05) is 38.9 Å². The van der Waals surface area contributed by atoms with Crippen molar-refractivity contribution in [2.75, 3.05) is 4.90 Å². The Kier molecular flexibility index (Phi) is 6.94. The molecule has 0 aliphatic heterocycles. The molecule has 0 amide bonds. The second kappa shape index (κ2) is 12.3. The molecule has 2 nitrogen and oxygen atoms in total. The largest absolute Gasteiger partial charge is 0.310 e. The van der Waals surface area contributed by atoms with Crippen LogP contribution in [0.5, 0.6) is 0 Å². The van der Waals surface area contributed by atoms with Gasteiger partial charge in [0.2, 0.25) is 0 Å². The van der Waals surface area contributed by atoms with Gasteiger partial charge in [-0.3, -0.25) is 0 Å². The molecule has 5 aliphatic rings. The summed E-state index contributed by atoms with van der Waals surface area (Å²) in [5.74, 6) is 3.48. The van der Waals surface area contributed by atoms with E-state index in [0.717, 1.165) is 46.4 Å². The molecule has 1 heterocycles. The van der Waals surface area contributed by atoms with Crippen LogP contribution in [-0.2, 0) is 5.41 Å². The van der Waals surface area contributed by atoms with Crippen molar-refractivity contribution in [3.8, 4) is 27.9 Å². The maximum Gasteiger partial charge on any atom is 0.0541 e. The van der Waals surface area contributed by atoms with Crippen LogP contribution < -0.4 is 4.90 Å². The highest BCUT2D eigenvalue weighted by Gasteiger charge is 2.61. The average molecular weight is 745 g/mol. The molecular weight excluding hydrogens is 701 g/mol. The van der Waals surface area contributed by atoms with E-state index in [0.29, 0.717) is 0 Å². The average Bonchev–Trinajstić information content (AvgIpc) is 3.76. The third kappa shape index (κ3) is 4.60. The smallest absolute Gasteiger partial charge is 0.0541 e. The van der Waals surface area contributed by atoms with E-state index in [9.17, 15) is 0 Å². The van der Waals surface area contributed by atoms with Gasteiger partial charge in [-0.1, -0.05) is 115 Å². The number of benzene rings is 8. The van der Waals surface area contributed by atoms with Crippen molar-refractivity contribution in [1.82, 2.24) is 4.57 Å². The third-order valence-corrected chi connectivity index (χ3v) is 15.0. The van der Waals surface area contributed by atoms with Gasteiger partial charge in [-0.25, -0.2) is 0 Å². The van der Waals surface area contributed by atoms with Crippen molar-refractivity contribution in [2.24, 2.45) is 23.7 Å². The van der Waals surface area contributed by atoms with E-state index in [1.165, 1.54) is 86.9 Å². The Labute approximate surface area is 340 Å². The Morgan fingerprint density at radius 2 is 0.966 bits per heavy atom. The fourth-order valence-corrected chi connectivity index (χ4v) is 12.9. The lowest BCUT2D eigenvalue weighted by Crippen LogP contribution is -2.55. The van der Waals surface area contributed by atoms with Gasteiger partial charge < -0.3 is 9.47 Å². The lowest BCUT2D eigenvalue weighted by molar-refractivity contribution is -0.0399. The summed E-state index contributed by atoms with van der Waals surface area (Å²) >= 11 is 0. The van der Waals surface area contributed by atoms with Crippen LogP contribution in [0.2, 0.25) is 0 Å². The van der Waals surface area contributed by atoms with E-state index in [2.05, 4.69) is 191 Å². The summed E-state index contributed by atoms with van der Waals surface area (Å²) in [5.41, 5.74) is 16.0. The fourth-order valence-electron chi connectivity index (χ4n) is 12.9. The summed E-state index contributed by atoms with van der Waals surface area (Å²) < 4.78 is 2.39. The van der Waals surface area contributed by atoms with Gasteiger partial charge in [0.1, 0.15) is 0 Å². The molecule has 278 valence electrons. The van der Waals surface area contributed by atoms with Crippen molar-refractivity contribution in [3.63, 3.8) is 0 Å². The lowest BCUT2D eigenvalue weighted by atomic mass is 9.43. The summed E-state index contributed by atoms with van der Waals surface area (Å²) in [6.07, 6.45) is 7.15. The summed E-state index contributed by atoms with van der Waals surface area (Å²) in [6, 6.07) is 68.3. The SMILES string of the molecule is c1ccc2c(c1)-c1cc(-c3ccc(N(c4ccc(-n5c6ccccc6c6ccccc65)cc4)c4ccc5ccccc5c4)cc3)ccc1C21C2CC3CC(C2)CC1C3. The van der Waals surface area contributed by atoms with E-state index in [-0.39, 0.29) is 5.41 Å². The van der Waals surface area contributed by atoms with E-state index in [1.807, 2.05) is 0 Å². The second-order valence-corrected chi connectivity index (χ2v) is 17.8. The van der Waals surface area contributed by atoms with Gasteiger partial charge in [0.15, 0.2) is 0 Å². The number of nitrogens with zero attached hydrogens (tertiary/aromatic N) is 2. The van der Waals surface area contributed by atoms with Crippen molar-refractivity contribution >= 4 is 49.6 Å². The van der Waals surface area contributed by atoms with Crippen LogP contribution in [0.15, 0.2) is 182 Å². The minimum atomic E-state index is 0.208. The van der Waals surface area contributed by atoms with Gasteiger partial charge >= 0.3 is 0 Å². The number of anilines is 3. The number of para-hydroxylation sites is 2. The third-order valence-electron chi connectivity index (χ3n) is 15.0. The summed E-state index contributed by atoms with van der Waals surface area (Å²) in [7, 11) is 0. The van der Waals surface area contributed by atoms with Gasteiger partial charge in [-0.15, -0.1) is 0 Å². The Morgan fingerprint density at radius 1 is 0.414 bits per heavy atom. The Bertz CT molecular complexity index is 2990. The van der Waals surface area contributed by atoms with Crippen molar-refractivity contribution in [3.05, 3.63) is 193 Å². The van der Waals surface area contributed by atoms with E-state index in [1.54, 1.807) is 11.1 Å². The van der Waals surface area contributed by atoms with Gasteiger partial charge in [-0.05, 0) is 167 Å². The van der Waals surface area contributed by atoms with Gasteiger partial charge in [-0.2, -0.15) is 0 Å².